The van der Waals surface area contributed by atoms with E-state index in [0.717, 1.165) is 30.3 Å². The molecule has 2 aromatic heterocycles. The summed E-state index contributed by atoms with van der Waals surface area (Å²) in [5.74, 6) is -1.10. The Kier molecular flexibility index (Phi) is 7.62. The lowest BCUT2D eigenvalue weighted by Crippen LogP contribution is -2.28. The fourth-order valence-corrected chi connectivity index (χ4v) is 5.44. The first-order chi connectivity index (χ1) is 20.3. The van der Waals surface area contributed by atoms with Crippen molar-refractivity contribution >= 4 is 28.2 Å². The van der Waals surface area contributed by atoms with E-state index in [1.165, 1.54) is 49.3 Å². The highest BCUT2D eigenvalue weighted by atomic mass is 32.2. The van der Waals surface area contributed by atoms with Crippen molar-refractivity contribution in [2.45, 2.75) is 56.0 Å². The second-order valence-corrected chi connectivity index (χ2v) is 11.8. The average Bonchev–Trinajstić information content (AvgIpc) is 3.38. The van der Waals surface area contributed by atoms with E-state index in [2.05, 4.69) is 25.2 Å². The molecular weight excluding hydrogens is 620 g/mol. The van der Waals surface area contributed by atoms with Crippen molar-refractivity contribution in [3.8, 4) is 5.75 Å². The smallest absolute Gasteiger partial charge is 0.406 e. The van der Waals surface area contributed by atoms with Crippen LogP contribution in [0.4, 0.5) is 43.5 Å². The van der Waals surface area contributed by atoms with Crippen LogP contribution in [0.25, 0.3) is 0 Å². The number of anilines is 3. The number of alkyl halides is 6. The first kappa shape index (κ1) is 31.2. The number of benzene rings is 2. The maximum Gasteiger partial charge on any atom is 0.573 e. The summed E-state index contributed by atoms with van der Waals surface area (Å²) in [5.41, 5.74) is -3.96. The van der Waals surface area contributed by atoms with E-state index in [0.29, 0.717) is 0 Å². The predicted molar refractivity (Wildman–Crippen MR) is 143 cm³/mol. The van der Waals surface area contributed by atoms with Gasteiger partial charge in [-0.3, -0.25) is 4.31 Å². The van der Waals surface area contributed by atoms with E-state index in [4.69, 9.17) is 4.52 Å². The lowest BCUT2D eigenvalue weighted by Gasteiger charge is -2.26. The number of pyridine rings is 1. The zero-order valence-electron chi connectivity index (χ0n) is 23.0. The van der Waals surface area contributed by atoms with Crippen LogP contribution in [0, 0.1) is 0 Å². The number of hydrogen-bond acceptors (Lipinski definition) is 9. The molecular formula is C27H23F6N5O5S. The maximum absolute atomic E-state index is 13.9. The number of halogens is 6. The molecule has 0 bridgehead atoms. The van der Waals surface area contributed by atoms with Crippen LogP contribution in [0.1, 0.15) is 49.3 Å². The van der Waals surface area contributed by atoms with Gasteiger partial charge < -0.3 is 24.8 Å². The number of fused-ring (bicyclic) bond motifs is 2. The summed E-state index contributed by atoms with van der Waals surface area (Å²) < 4.78 is 102. The molecule has 2 atom stereocenters. The Hall–Kier alpha value is -4.22. The number of nitrogens with one attached hydrogen (secondary N) is 1. The van der Waals surface area contributed by atoms with Gasteiger partial charge in [0.1, 0.15) is 28.5 Å². The van der Waals surface area contributed by atoms with Gasteiger partial charge in [-0.05, 0) is 68.8 Å². The van der Waals surface area contributed by atoms with Gasteiger partial charge in [-0.15, -0.1) is 13.2 Å². The number of ether oxygens (including phenoxy) is 1. The molecule has 0 aliphatic carbocycles. The molecule has 234 valence electrons. The molecule has 4 aromatic rings. The van der Waals surface area contributed by atoms with E-state index < -0.39 is 46.2 Å². The van der Waals surface area contributed by atoms with Gasteiger partial charge in [0.15, 0.2) is 11.0 Å². The van der Waals surface area contributed by atoms with Gasteiger partial charge >= 0.3 is 12.5 Å². The summed E-state index contributed by atoms with van der Waals surface area (Å²) in [6.07, 6.45) is -9.69. The molecule has 0 amide bonds. The number of aliphatic hydroxyl groups is 2. The lowest BCUT2D eigenvalue weighted by molar-refractivity contribution is -0.274. The van der Waals surface area contributed by atoms with Gasteiger partial charge in [0.25, 0.3) is 5.89 Å². The third kappa shape index (κ3) is 6.34. The minimum Gasteiger partial charge on any atom is -0.406 e. The first-order valence-corrected chi connectivity index (χ1v) is 13.8. The molecule has 0 radical (unpaired) electrons. The molecule has 3 heterocycles. The monoisotopic (exact) mass is 643 g/mol. The van der Waals surface area contributed by atoms with Crippen molar-refractivity contribution in [1.29, 1.82) is 0 Å². The molecule has 0 fully saturated rings. The number of nitrogens with zero attached hydrogens (tertiary/aromatic N) is 4. The van der Waals surface area contributed by atoms with Crippen LogP contribution in [-0.4, -0.2) is 35.9 Å². The molecule has 10 nitrogen and oxygen atoms in total. The Labute approximate surface area is 247 Å². The highest BCUT2D eigenvalue weighted by Crippen LogP contribution is 2.42. The minimum atomic E-state index is -4.94. The number of aromatic nitrogens is 3. The van der Waals surface area contributed by atoms with E-state index in [1.54, 1.807) is 0 Å². The summed E-state index contributed by atoms with van der Waals surface area (Å²) in [5, 5.41) is 28.2. The van der Waals surface area contributed by atoms with E-state index in [9.17, 15) is 40.8 Å². The van der Waals surface area contributed by atoms with Gasteiger partial charge in [-0.2, -0.15) is 18.2 Å². The minimum absolute atomic E-state index is 0.0407. The zero-order chi connectivity index (χ0) is 32.2. The van der Waals surface area contributed by atoms with Gasteiger partial charge in [0.05, 0.1) is 22.8 Å². The van der Waals surface area contributed by atoms with Crippen LogP contribution < -0.4 is 14.4 Å². The second kappa shape index (κ2) is 10.7. The summed E-state index contributed by atoms with van der Waals surface area (Å²) in [7, 11) is -2.15. The summed E-state index contributed by atoms with van der Waals surface area (Å²) in [6.45, 7) is 3.88. The Balaban J connectivity index is 1.60. The van der Waals surface area contributed by atoms with Crippen molar-refractivity contribution in [3.05, 3.63) is 83.1 Å². The van der Waals surface area contributed by atoms with Gasteiger partial charge in [-0.25, -0.2) is 9.19 Å². The van der Waals surface area contributed by atoms with Crippen molar-refractivity contribution in [2.24, 2.45) is 0 Å². The van der Waals surface area contributed by atoms with E-state index in [1.807, 2.05) is 0 Å². The maximum atomic E-state index is 13.9. The van der Waals surface area contributed by atoms with Crippen molar-refractivity contribution in [2.75, 3.05) is 9.62 Å². The number of rotatable bonds is 6. The van der Waals surface area contributed by atoms with Crippen LogP contribution in [0.3, 0.4) is 0 Å². The van der Waals surface area contributed by atoms with Crippen LogP contribution in [0.5, 0.6) is 5.75 Å². The highest BCUT2D eigenvalue weighted by molar-refractivity contribution is 7.86. The molecule has 17 heteroatoms. The van der Waals surface area contributed by atoms with Crippen molar-refractivity contribution in [1.82, 2.24) is 15.1 Å². The standard InChI is InChI=1S/C27H23F6N5O5S/c1-24(2,39)23-36-22(37-43-23)25(3,40)15-5-10-18-19(12-15)38(13-14-4-11-20(26(28,29)30)35-21(14)34-18)44(41)17-8-6-16(7-9-17)42-27(31,32)33/h4-12,39-40H,13H2,1-3H3,(H,34,35). The third-order valence-corrected chi connectivity index (χ3v) is 7.91. The van der Waals surface area contributed by atoms with Gasteiger partial charge in [0, 0.05) is 5.56 Å². The highest BCUT2D eigenvalue weighted by Gasteiger charge is 2.38. The first-order valence-electron chi connectivity index (χ1n) is 12.7. The fourth-order valence-electron chi connectivity index (χ4n) is 4.23. The quantitative estimate of drug-likeness (QED) is 0.228. The Morgan fingerprint density at radius 1 is 0.955 bits per heavy atom. The Bertz CT molecular complexity index is 1720. The molecule has 5 rings (SSSR count). The van der Waals surface area contributed by atoms with Crippen LogP contribution in [-0.2, 0) is 34.9 Å². The van der Waals surface area contributed by atoms with Crippen LogP contribution in [0.15, 0.2) is 64.0 Å². The van der Waals surface area contributed by atoms with Gasteiger partial charge in [0.2, 0.25) is 5.82 Å². The SMILES string of the molecule is CC(C)(O)c1nc(C(C)(O)c2ccc3c(c2)N(S(=O)c2ccc(OC(F)(F)F)cc2)Cc2ccc(C(F)(F)F)nc2N3)no1. The molecule has 2 unspecified atom stereocenters. The number of hydrogen-bond donors (Lipinski definition) is 3. The van der Waals surface area contributed by atoms with E-state index in [-0.39, 0.29) is 51.5 Å². The topological polar surface area (TPSA) is 134 Å². The Morgan fingerprint density at radius 3 is 2.23 bits per heavy atom. The normalized spacial score (nSPS) is 15.8. The molecule has 1 aliphatic rings. The largest absolute Gasteiger partial charge is 0.573 e. The summed E-state index contributed by atoms with van der Waals surface area (Å²) in [6, 6.07) is 10.4. The fraction of sp³-hybridized carbons (Fsp3) is 0.296. The predicted octanol–water partition coefficient (Wildman–Crippen LogP) is 5.65. The van der Waals surface area contributed by atoms with Gasteiger partial charge in [-0.1, -0.05) is 17.3 Å². The zero-order valence-corrected chi connectivity index (χ0v) is 23.8. The molecule has 0 saturated carbocycles. The summed E-state index contributed by atoms with van der Waals surface area (Å²) in [4.78, 5) is 7.84. The second-order valence-electron chi connectivity index (χ2n) is 10.4. The third-order valence-electron chi connectivity index (χ3n) is 6.51. The Morgan fingerprint density at radius 2 is 1.64 bits per heavy atom. The molecule has 3 N–H and O–H groups in total. The molecule has 1 aliphatic heterocycles. The van der Waals surface area contributed by atoms with Crippen LogP contribution >= 0.6 is 0 Å². The van der Waals surface area contributed by atoms with Crippen molar-refractivity contribution < 1.29 is 50.0 Å². The van der Waals surface area contributed by atoms with E-state index >= 15 is 0 Å². The van der Waals surface area contributed by atoms with Crippen LogP contribution in [0.2, 0.25) is 0 Å². The molecule has 0 saturated heterocycles. The summed E-state index contributed by atoms with van der Waals surface area (Å²) >= 11 is 0. The lowest BCUT2D eigenvalue weighted by atomic mass is 9.94. The molecule has 0 spiro atoms. The van der Waals surface area contributed by atoms with Crippen molar-refractivity contribution in [3.63, 3.8) is 0 Å². The average molecular weight is 644 g/mol. The molecule has 2 aromatic carbocycles. The molecule has 44 heavy (non-hydrogen) atoms.